The maximum absolute atomic E-state index is 9.78. The Morgan fingerprint density at radius 2 is 2.24 bits per heavy atom. The van der Waals surface area contributed by atoms with Gasteiger partial charge in [-0.15, -0.1) is 11.3 Å². The summed E-state index contributed by atoms with van der Waals surface area (Å²) in [5.74, 6) is 1.87. The molecule has 5 nitrogen and oxygen atoms in total. The van der Waals surface area contributed by atoms with E-state index in [-0.39, 0.29) is 5.75 Å². The Morgan fingerprint density at radius 3 is 2.86 bits per heavy atom. The first-order chi connectivity index (χ1) is 10.1. The van der Waals surface area contributed by atoms with E-state index in [0.29, 0.717) is 29.1 Å². The van der Waals surface area contributed by atoms with Gasteiger partial charge >= 0.3 is 0 Å². The predicted octanol–water partition coefficient (Wildman–Crippen LogP) is 3.95. The van der Waals surface area contributed by atoms with Gasteiger partial charge in [-0.1, -0.05) is 12.1 Å². The van der Waals surface area contributed by atoms with Gasteiger partial charge < -0.3 is 14.4 Å². The van der Waals surface area contributed by atoms with Crippen LogP contribution in [0.4, 0.5) is 0 Å². The lowest BCUT2D eigenvalue weighted by atomic mass is 9.79. The Morgan fingerprint density at radius 1 is 1.48 bits per heavy atom. The Hall–Kier alpha value is -1.40. The van der Waals surface area contributed by atoms with E-state index in [4.69, 9.17) is 9.26 Å². The maximum Gasteiger partial charge on any atom is 0.271 e. The van der Waals surface area contributed by atoms with Crippen molar-refractivity contribution in [1.29, 1.82) is 0 Å². The highest BCUT2D eigenvalue weighted by atomic mass is 32.1. The van der Waals surface area contributed by atoms with Gasteiger partial charge in [0.2, 0.25) is 5.82 Å². The van der Waals surface area contributed by atoms with Crippen molar-refractivity contribution >= 4 is 11.3 Å². The summed E-state index contributed by atoms with van der Waals surface area (Å²) >= 11 is 1.39. The van der Waals surface area contributed by atoms with Gasteiger partial charge in [0.25, 0.3) is 5.89 Å². The molecule has 6 heteroatoms. The molecule has 3 rings (SSSR count). The number of ether oxygens (including phenoxy) is 1. The molecule has 0 spiro atoms. The number of nitrogens with zero attached hydrogens (tertiary/aromatic N) is 2. The lowest BCUT2D eigenvalue weighted by Gasteiger charge is -2.36. The molecule has 2 aromatic heterocycles. The Bertz CT molecular complexity index is 600. The van der Waals surface area contributed by atoms with Crippen LogP contribution in [0, 0.1) is 5.92 Å². The van der Waals surface area contributed by atoms with E-state index >= 15 is 0 Å². The second kappa shape index (κ2) is 5.77. The summed E-state index contributed by atoms with van der Waals surface area (Å²) in [5, 5.41) is 15.7. The molecule has 1 N–H and O–H groups in total. The van der Waals surface area contributed by atoms with Crippen LogP contribution in [0.5, 0.6) is 5.75 Å². The molecule has 1 aliphatic rings. The van der Waals surface area contributed by atoms with Gasteiger partial charge in [-0.2, -0.15) is 4.98 Å². The fourth-order valence-corrected chi connectivity index (χ4v) is 3.61. The highest BCUT2D eigenvalue weighted by molar-refractivity contribution is 7.13. The minimum Gasteiger partial charge on any atom is -0.506 e. The normalized spacial score (nSPS) is 26.1. The van der Waals surface area contributed by atoms with Crippen molar-refractivity contribution in [2.45, 2.75) is 45.1 Å². The first-order valence-electron chi connectivity index (χ1n) is 7.39. The fraction of sp³-hybridized carbons (Fsp3) is 0.600. The number of hydrogen-bond donors (Lipinski definition) is 1. The molecule has 2 heterocycles. The quantitative estimate of drug-likeness (QED) is 0.926. The van der Waals surface area contributed by atoms with Crippen LogP contribution >= 0.6 is 11.3 Å². The van der Waals surface area contributed by atoms with Gasteiger partial charge in [0.05, 0.1) is 0 Å². The summed E-state index contributed by atoms with van der Waals surface area (Å²) in [5.41, 5.74) is -0.435. The van der Waals surface area contributed by atoms with Crippen molar-refractivity contribution in [3.8, 4) is 16.5 Å². The summed E-state index contributed by atoms with van der Waals surface area (Å²) in [6, 6.07) is 1.63. The maximum atomic E-state index is 9.78. The smallest absolute Gasteiger partial charge is 0.271 e. The monoisotopic (exact) mass is 308 g/mol. The number of aromatic nitrogens is 2. The predicted molar refractivity (Wildman–Crippen MR) is 80.2 cm³/mol. The minimum absolute atomic E-state index is 0.179. The molecule has 1 fully saturated rings. The zero-order valence-electron chi connectivity index (χ0n) is 12.3. The molecule has 0 saturated heterocycles. The molecule has 0 radical (unpaired) electrons. The lowest BCUT2D eigenvalue weighted by Crippen LogP contribution is -2.35. The van der Waals surface area contributed by atoms with Crippen molar-refractivity contribution in [2.75, 3.05) is 6.61 Å². The lowest BCUT2D eigenvalue weighted by molar-refractivity contribution is -0.0847. The van der Waals surface area contributed by atoms with E-state index in [1.54, 1.807) is 11.4 Å². The topological polar surface area (TPSA) is 68.4 Å². The van der Waals surface area contributed by atoms with Crippen molar-refractivity contribution in [1.82, 2.24) is 10.1 Å². The van der Waals surface area contributed by atoms with Crippen LogP contribution in [0.25, 0.3) is 10.8 Å². The molecule has 2 aromatic rings. The van der Waals surface area contributed by atoms with Crippen molar-refractivity contribution < 1.29 is 14.4 Å². The van der Waals surface area contributed by atoms with E-state index in [2.05, 4.69) is 17.1 Å². The molecule has 0 bridgehead atoms. The first kappa shape index (κ1) is 14.5. The summed E-state index contributed by atoms with van der Waals surface area (Å²) in [6.45, 7) is 4.88. The molecule has 0 atom stereocenters. The molecule has 114 valence electrons. The Kier molecular flexibility index (Phi) is 3.99. The standard InChI is InChI=1S/C15H20N2O3S/c1-3-19-15(7-4-10(2)5-8-15)14-16-13(20-17-14)12-11(18)6-9-21-12/h6,9-10,18H,3-5,7-8H2,1-2H3. The van der Waals surface area contributed by atoms with Crippen LogP contribution in [0.2, 0.25) is 0 Å². The van der Waals surface area contributed by atoms with Crippen molar-refractivity contribution in [3.05, 3.63) is 17.3 Å². The number of rotatable bonds is 4. The summed E-state index contributed by atoms with van der Waals surface area (Å²) in [4.78, 5) is 5.12. The Labute approximate surface area is 128 Å². The molecule has 0 aliphatic heterocycles. The van der Waals surface area contributed by atoms with Crippen LogP contribution in [0.15, 0.2) is 16.0 Å². The van der Waals surface area contributed by atoms with Gasteiger partial charge in [-0.05, 0) is 50.0 Å². The summed E-state index contributed by atoms with van der Waals surface area (Å²) in [6.07, 6.45) is 4.04. The number of hydrogen-bond acceptors (Lipinski definition) is 6. The van der Waals surface area contributed by atoms with E-state index < -0.39 is 5.60 Å². The molecule has 0 unspecified atom stereocenters. The van der Waals surface area contributed by atoms with Gasteiger partial charge in [-0.25, -0.2) is 0 Å². The second-order valence-corrected chi connectivity index (χ2v) is 6.58. The van der Waals surface area contributed by atoms with Gasteiger partial charge in [-0.3, -0.25) is 0 Å². The second-order valence-electron chi connectivity index (χ2n) is 5.67. The minimum atomic E-state index is -0.435. The molecule has 1 saturated carbocycles. The van der Waals surface area contributed by atoms with E-state index in [1.807, 2.05) is 6.92 Å². The molecular formula is C15H20N2O3S. The molecule has 0 amide bonds. The van der Waals surface area contributed by atoms with Gasteiger partial charge in [0.15, 0.2) is 0 Å². The highest BCUT2D eigenvalue weighted by Gasteiger charge is 2.41. The van der Waals surface area contributed by atoms with Crippen LogP contribution in [-0.4, -0.2) is 21.9 Å². The molecular weight excluding hydrogens is 288 g/mol. The molecule has 21 heavy (non-hydrogen) atoms. The summed E-state index contributed by atoms with van der Waals surface area (Å²) in [7, 11) is 0. The van der Waals surface area contributed by atoms with Gasteiger partial charge in [0, 0.05) is 6.61 Å². The zero-order valence-corrected chi connectivity index (χ0v) is 13.2. The highest BCUT2D eigenvalue weighted by Crippen LogP contribution is 2.42. The molecule has 1 aliphatic carbocycles. The third-order valence-corrected chi connectivity index (χ3v) is 5.07. The average molecular weight is 308 g/mol. The van der Waals surface area contributed by atoms with Crippen molar-refractivity contribution in [2.24, 2.45) is 5.92 Å². The van der Waals surface area contributed by atoms with Crippen LogP contribution in [0.1, 0.15) is 45.4 Å². The SMILES string of the molecule is CCOC1(c2noc(-c3sccc3O)n2)CCC(C)CC1. The zero-order chi connectivity index (χ0) is 14.9. The number of aromatic hydroxyl groups is 1. The van der Waals surface area contributed by atoms with E-state index in [1.165, 1.54) is 11.3 Å². The third kappa shape index (κ3) is 2.70. The fourth-order valence-electron chi connectivity index (χ4n) is 2.90. The number of thiophene rings is 1. The van der Waals surface area contributed by atoms with Crippen LogP contribution in [0.3, 0.4) is 0 Å². The third-order valence-electron chi connectivity index (χ3n) is 4.17. The van der Waals surface area contributed by atoms with Crippen molar-refractivity contribution in [3.63, 3.8) is 0 Å². The van der Waals surface area contributed by atoms with E-state index in [0.717, 1.165) is 25.7 Å². The van der Waals surface area contributed by atoms with Crippen LogP contribution in [-0.2, 0) is 10.3 Å². The average Bonchev–Trinajstić information content (AvgIpc) is 3.10. The largest absolute Gasteiger partial charge is 0.506 e. The first-order valence-corrected chi connectivity index (χ1v) is 8.27. The Balaban J connectivity index is 1.91. The summed E-state index contributed by atoms with van der Waals surface area (Å²) < 4.78 is 11.4. The molecule has 0 aromatic carbocycles. The van der Waals surface area contributed by atoms with E-state index in [9.17, 15) is 5.11 Å². The van der Waals surface area contributed by atoms with Gasteiger partial charge in [0.1, 0.15) is 16.2 Å². The van der Waals surface area contributed by atoms with Crippen LogP contribution < -0.4 is 0 Å².